The van der Waals surface area contributed by atoms with Crippen LogP contribution in [0.5, 0.6) is 0 Å². The lowest BCUT2D eigenvalue weighted by Crippen LogP contribution is -2.60. The molecule has 0 aliphatic heterocycles. The molecule has 0 fully saturated rings. The first-order valence-corrected chi connectivity index (χ1v) is 10.8. The molecule has 0 aliphatic carbocycles. The molecule has 0 saturated carbocycles. The van der Waals surface area contributed by atoms with Crippen LogP contribution in [-0.2, 0) is 28.8 Å². The average molecular weight is 519 g/mol. The van der Waals surface area contributed by atoms with Crippen molar-refractivity contribution in [1.29, 1.82) is 0 Å². The zero-order valence-corrected chi connectivity index (χ0v) is 19.7. The molecule has 17 nitrogen and oxygen atoms in total. The summed E-state index contributed by atoms with van der Waals surface area (Å²) in [6.45, 7) is 1.36. The van der Waals surface area contributed by atoms with Gasteiger partial charge in [-0.2, -0.15) is 0 Å². The fourth-order valence-electron chi connectivity index (χ4n) is 2.78. The van der Waals surface area contributed by atoms with Crippen molar-refractivity contribution in [3.05, 3.63) is 0 Å². The Morgan fingerprint density at radius 3 is 1.92 bits per heavy atom. The summed E-state index contributed by atoms with van der Waals surface area (Å²) in [5.74, 6) is -7.13. The predicted octanol–water partition coefficient (Wildman–Crippen LogP) is -4.97. The van der Waals surface area contributed by atoms with Gasteiger partial charge in [-0.1, -0.05) is 0 Å². The van der Waals surface area contributed by atoms with Crippen LogP contribution >= 0.6 is 0 Å². The molecule has 5 atom stereocenters. The van der Waals surface area contributed by atoms with Gasteiger partial charge < -0.3 is 54.2 Å². The van der Waals surface area contributed by atoms with E-state index in [0.717, 1.165) is 6.92 Å². The van der Waals surface area contributed by atoms with Crippen LogP contribution in [0.2, 0.25) is 0 Å². The molecule has 0 aromatic carbocycles. The molecule has 0 bridgehead atoms. The standard InChI is InChI=1S/C19H34N8O9/c1-8(28)14(27-15(32)9(20)3-2-6-24-19(22)23)17(34)26-11(7-13(30)31)16(33)25-10(18(35)36)4-5-12(21)29/h8-11,14,28H,2-7,20H2,1H3,(H2,21,29)(H,25,33)(H,26,34)(H,27,32)(H,30,31)(H,35,36)(H4,22,23,24). The zero-order valence-electron chi connectivity index (χ0n) is 19.7. The first-order valence-electron chi connectivity index (χ1n) is 10.8. The number of nitrogens with one attached hydrogen (secondary N) is 3. The topological polar surface area (TPSA) is 316 Å². The minimum Gasteiger partial charge on any atom is -0.481 e. The fourth-order valence-corrected chi connectivity index (χ4v) is 2.78. The van der Waals surface area contributed by atoms with Crippen molar-refractivity contribution >= 4 is 41.5 Å². The molecule has 14 N–H and O–H groups in total. The van der Waals surface area contributed by atoms with Gasteiger partial charge in [0.25, 0.3) is 0 Å². The number of amides is 4. The summed E-state index contributed by atoms with van der Waals surface area (Å²) < 4.78 is 0. The first-order chi connectivity index (χ1) is 16.6. The molecule has 5 unspecified atom stereocenters. The minimum absolute atomic E-state index is 0.128. The smallest absolute Gasteiger partial charge is 0.326 e. The summed E-state index contributed by atoms with van der Waals surface area (Å²) in [6.07, 6.45) is -2.74. The SMILES string of the molecule is CC(O)C(NC(=O)C(N)CCCN=C(N)N)C(=O)NC(CC(=O)O)C(=O)NC(CCC(N)=O)C(=O)O. The maximum atomic E-state index is 12.7. The highest BCUT2D eigenvalue weighted by Gasteiger charge is 2.33. The van der Waals surface area contributed by atoms with Gasteiger partial charge in [0, 0.05) is 13.0 Å². The van der Waals surface area contributed by atoms with Crippen LogP contribution in [0.3, 0.4) is 0 Å². The van der Waals surface area contributed by atoms with Crippen molar-refractivity contribution in [3.63, 3.8) is 0 Å². The van der Waals surface area contributed by atoms with Gasteiger partial charge in [0.15, 0.2) is 5.96 Å². The van der Waals surface area contributed by atoms with Gasteiger partial charge in [0.2, 0.25) is 23.6 Å². The second kappa shape index (κ2) is 15.8. The van der Waals surface area contributed by atoms with E-state index in [1.54, 1.807) is 0 Å². The Kier molecular flexibility index (Phi) is 14.1. The largest absolute Gasteiger partial charge is 0.481 e. The lowest BCUT2D eigenvalue weighted by molar-refractivity contribution is -0.144. The van der Waals surface area contributed by atoms with E-state index in [4.69, 9.17) is 28.0 Å². The lowest BCUT2D eigenvalue weighted by atomic mass is 10.1. The maximum absolute atomic E-state index is 12.7. The number of hydrogen-bond acceptors (Lipinski definition) is 9. The summed E-state index contributed by atoms with van der Waals surface area (Å²) in [4.78, 5) is 74.7. The fraction of sp³-hybridized carbons (Fsp3) is 0.632. The van der Waals surface area contributed by atoms with Crippen molar-refractivity contribution in [2.45, 2.75) is 69.3 Å². The van der Waals surface area contributed by atoms with Crippen molar-refractivity contribution in [2.24, 2.45) is 27.9 Å². The number of aliphatic imine (C=N–C) groups is 1. The number of aliphatic hydroxyl groups is 1. The van der Waals surface area contributed by atoms with E-state index in [1.807, 2.05) is 5.32 Å². The second-order valence-electron chi connectivity index (χ2n) is 7.85. The van der Waals surface area contributed by atoms with Crippen molar-refractivity contribution in [3.8, 4) is 0 Å². The molecule has 204 valence electrons. The van der Waals surface area contributed by atoms with Gasteiger partial charge in [-0.3, -0.25) is 29.0 Å². The van der Waals surface area contributed by atoms with Gasteiger partial charge in [0.1, 0.15) is 18.1 Å². The van der Waals surface area contributed by atoms with Crippen molar-refractivity contribution < 1.29 is 44.1 Å². The number of carboxylic acids is 2. The summed E-state index contributed by atoms with van der Waals surface area (Å²) >= 11 is 0. The Bertz CT molecular complexity index is 845. The summed E-state index contributed by atoms with van der Waals surface area (Å²) in [5, 5.41) is 34.6. The van der Waals surface area contributed by atoms with Gasteiger partial charge >= 0.3 is 11.9 Å². The zero-order chi connectivity index (χ0) is 28.0. The normalized spacial score (nSPS) is 14.8. The maximum Gasteiger partial charge on any atom is 0.326 e. The van der Waals surface area contributed by atoms with Gasteiger partial charge in [-0.25, -0.2) is 4.79 Å². The number of aliphatic carboxylic acids is 2. The lowest BCUT2D eigenvalue weighted by Gasteiger charge is -2.26. The molecule has 36 heavy (non-hydrogen) atoms. The van der Waals surface area contributed by atoms with Gasteiger partial charge in [-0.05, 0) is 26.2 Å². The highest BCUT2D eigenvalue weighted by atomic mass is 16.4. The number of hydrogen-bond donors (Lipinski definition) is 10. The molecule has 4 amide bonds. The molecule has 0 aromatic rings. The number of guanidine groups is 1. The van der Waals surface area contributed by atoms with Crippen LogP contribution in [0.4, 0.5) is 0 Å². The Hall–Kier alpha value is -3.99. The van der Waals surface area contributed by atoms with Crippen LogP contribution in [0.1, 0.15) is 39.0 Å². The number of carboxylic acid groups (broad SMARTS) is 2. The van der Waals surface area contributed by atoms with E-state index in [1.165, 1.54) is 0 Å². The van der Waals surface area contributed by atoms with Crippen LogP contribution in [-0.4, -0.2) is 93.7 Å². The quantitative estimate of drug-likeness (QED) is 0.0491. The average Bonchev–Trinajstić information content (AvgIpc) is 2.75. The Morgan fingerprint density at radius 1 is 0.861 bits per heavy atom. The van der Waals surface area contributed by atoms with Gasteiger partial charge in [-0.15, -0.1) is 0 Å². The van der Waals surface area contributed by atoms with E-state index in [-0.39, 0.29) is 31.8 Å². The molecule has 0 aromatic heterocycles. The summed E-state index contributed by atoms with van der Waals surface area (Å²) in [6, 6.07) is -6.11. The van der Waals surface area contributed by atoms with Crippen molar-refractivity contribution in [1.82, 2.24) is 16.0 Å². The van der Waals surface area contributed by atoms with E-state index >= 15 is 0 Å². The second-order valence-corrected chi connectivity index (χ2v) is 7.85. The molecule has 0 rings (SSSR count). The molecule has 0 saturated heterocycles. The van der Waals surface area contributed by atoms with E-state index in [0.29, 0.717) is 6.42 Å². The molecule has 0 radical (unpaired) electrons. The third-order valence-electron chi connectivity index (χ3n) is 4.67. The highest BCUT2D eigenvalue weighted by molar-refractivity contribution is 5.95. The molecule has 0 heterocycles. The Balaban J connectivity index is 5.35. The molecular weight excluding hydrogens is 484 g/mol. The van der Waals surface area contributed by atoms with Crippen LogP contribution in [0.25, 0.3) is 0 Å². The first kappa shape index (κ1) is 32.0. The Morgan fingerprint density at radius 2 is 1.44 bits per heavy atom. The highest BCUT2D eigenvalue weighted by Crippen LogP contribution is 2.04. The molecule has 0 aliphatic rings. The number of carbonyl (C=O) groups excluding carboxylic acids is 4. The third-order valence-corrected chi connectivity index (χ3v) is 4.67. The van der Waals surface area contributed by atoms with E-state index in [9.17, 15) is 39.0 Å². The number of rotatable bonds is 17. The number of nitrogens with two attached hydrogens (primary N) is 4. The predicted molar refractivity (Wildman–Crippen MR) is 124 cm³/mol. The summed E-state index contributed by atoms with van der Waals surface area (Å²) in [7, 11) is 0. The monoisotopic (exact) mass is 518 g/mol. The van der Waals surface area contributed by atoms with Crippen LogP contribution in [0.15, 0.2) is 4.99 Å². The number of carbonyl (C=O) groups is 6. The number of aliphatic hydroxyl groups excluding tert-OH is 1. The van der Waals surface area contributed by atoms with Crippen molar-refractivity contribution in [2.75, 3.05) is 6.54 Å². The molecule has 17 heteroatoms. The molecule has 0 spiro atoms. The molecular formula is C19H34N8O9. The summed E-state index contributed by atoms with van der Waals surface area (Å²) in [5.41, 5.74) is 21.1. The van der Waals surface area contributed by atoms with E-state index in [2.05, 4.69) is 15.6 Å². The Labute approximate surface area is 206 Å². The van der Waals surface area contributed by atoms with Gasteiger partial charge in [0.05, 0.1) is 18.6 Å². The van der Waals surface area contributed by atoms with E-state index < -0.39 is 72.3 Å². The minimum atomic E-state index is -1.78. The number of primary amides is 1. The van der Waals surface area contributed by atoms with Crippen LogP contribution < -0.4 is 38.9 Å². The van der Waals surface area contributed by atoms with Crippen LogP contribution in [0, 0.1) is 0 Å². The third kappa shape index (κ3) is 13.0. The number of nitrogens with zero attached hydrogens (tertiary/aromatic N) is 1.